The smallest absolute Gasteiger partial charge is 0.326 e. The van der Waals surface area contributed by atoms with Crippen LogP contribution >= 0.6 is 0 Å². The van der Waals surface area contributed by atoms with Gasteiger partial charge in [0.1, 0.15) is 6.04 Å². The van der Waals surface area contributed by atoms with E-state index in [1.807, 2.05) is 0 Å². The summed E-state index contributed by atoms with van der Waals surface area (Å²) in [6.07, 6.45) is 1.00. The standard InChI is InChI=1S/C13H14FNO4/c1-19-10-6-2-4-8(11(10)14)12(16)15-7-3-5-9(15)13(17)18/h2,4,6,9H,3,5,7H2,1H3,(H,17,18)/t9-/m0/s1. The van der Waals surface area contributed by atoms with Crippen LogP contribution in [0.25, 0.3) is 0 Å². The fraction of sp³-hybridized carbons (Fsp3) is 0.385. The van der Waals surface area contributed by atoms with Crippen molar-refractivity contribution in [2.75, 3.05) is 13.7 Å². The van der Waals surface area contributed by atoms with Gasteiger partial charge in [-0.15, -0.1) is 0 Å². The first-order valence-electron chi connectivity index (χ1n) is 5.92. The Balaban J connectivity index is 2.32. The summed E-state index contributed by atoms with van der Waals surface area (Å²) >= 11 is 0. The van der Waals surface area contributed by atoms with Crippen LogP contribution in [0.4, 0.5) is 4.39 Å². The molecule has 0 radical (unpaired) electrons. The third-order valence-electron chi connectivity index (χ3n) is 3.21. The van der Waals surface area contributed by atoms with Crippen molar-refractivity contribution in [3.63, 3.8) is 0 Å². The van der Waals surface area contributed by atoms with Gasteiger partial charge in [-0.3, -0.25) is 4.79 Å². The van der Waals surface area contributed by atoms with Crippen molar-refractivity contribution in [2.45, 2.75) is 18.9 Å². The Bertz CT molecular complexity index is 517. The van der Waals surface area contributed by atoms with Crippen LogP contribution in [0.2, 0.25) is 0 Å². The molecule has 0 aliphatic carbocycles. The van der Waals surface area contributed by atoms with Gasteiger partial charge in [0.2, 0.25) is 0 Å². The van der Waals surface area contributed by atoms with Crippen molar-refractivity contribution in [1.29, 1.82) is 0 Å². The predicted molar refractivity (Wildman–Crippen MR) is 64.6 cm³/mol. The van der Waals surface area contributed by atoms with Crippen molar-refractivity contribution in [1.82, 2.24) is 4.90 Å². The first-order valence-corrected chi connectivity index (χ1v) is 5.92. The van der Waals surface area contributed by atoms with Gasteiger partial charge in [-0.1, -0.05) is 6.07 Å². The van der Waals surface area contributed by atoms with Crippen LogP contribution in [0.5, 0.6) is 5.75 Å². The SMILES string of the molecule is COc1cccc(C(=O)N2CCC[C@H]2C(=O)O)c1F. The molecule has 1 heterocycles. The van der Waals surface area contributed by atoms with Gasteiger partial charge < -0.3 is 14.7 Å². The van der Waals surface area contributed by atoms with Crippen molar-refractivity contribution >= 4 is 11.9 Å². The number of halogens is 1. The maximum atomic E-state index is 14.0. The Morgan fingerprint density at radius 2 is 2.21 bits per heavy atom. The van der Waals surface area contributed by atoms with Gasteiger partial charge in [-0.2, -0.15) is 0 Å². The lowest BCUT2D eigenvalue weighted by Gasteiger charge is -2.21. The van der Waals surface area contributed by atoms with Crippen LogP contribution < -0.4 is 4.74 Å². The minimum atomic E-state index is -1.06. The normalized spacial score (nSPS) is 18.4. The molecule has 19 heavy (non-hydrogen) atoms. The Hall–Kier alpha value is -2.11. The Labute approximate surface area is 109 Å². The number of amides is 1. The lowest BCUT2D eigenvalue weighted by atomic mass is 10.1. The summed E-state index contributed by atoms with van der Waals surface area (Å²) in [4.78, 5) is 24.5. The van der Waals surface area contributed by atoms with E-state index in [4.69, 9.17) is 9.84 Å². The molecule has 1 aromatic rings. The Morgan fingerprint density at radius 1 is 1.47 bits per heavy atom. The second-order valence-corrected chi connectivity index (χ2v) is 4.32. The highest BCUT2D eigenvalue weighted by Gasteiger charge is 2.35. The van der Waals surface area contributed by atoms with Gasteiger partial charge in [-0.05, 0) is 25.0 Å². The molecule has 1 amide bonds. The van der Waals surface area contributed by atoms with Crippen LogP contribution in [0.1, 0.15) is 23.2 Å². The highest BCUT2D eigenvalue weighted by Crippen LogP contribution is 2.25. The molecular weight excluding hydrogens is 253 g/mol. The largest absolute Gasteiger partial charge is 0.494 e. The summed E-state index contributed by atoms with van der Waals surface area (Å²) in [7, 11) is 1.31. The average Bonchev–Trinajstić information content (AvgIpc) is 2.87. The molecule has 1 aliphatic heterocycles. The highest BCUT2D eigenvalue weighted by molar-refractivity contribution is 5.97. The zero-order chi connectivity index (χ0) is 14.0. The molecule has 1 aliphatic rings. The first kappa shape index (κ1) is 13.3. The van der Waals surface area contributed by atoms with Crippen LogP contribution in [-0.2, 0) is 4.79 Å². The molecule has 1 N–H and O–H groups in total. The number of likely N-dealkylation sites (tertiary alicyclic amines) is 1. The van der Waals surface area contributed by atoms with Gasteiger partial charge in [0.15, 0.2) is 11.6 Å². The average molecular weight is 267 g/mol. The molecule has 1 saturated heterocycles. The molecule has 0 aromatic heterocycles. The number of nitrogens with zero attached hydrogens (tertiary/aromatic N) is 1. The predicted octanol–water partition coefficient (Wildman–Crippen LogP) is 1.52. The molecule has 1 atom stereocenters. The third-order valence-corrected chi connectivity index (χ3v) is 3.21. The van der Waals surface area contributed by atoms with Gasteiger partial charge >= 0.3 is 5.97 Å². The fourth-order valence-electron chi connectivity index (χ4n) is 2.25. The van der Waals surface area contributed by atoms with E-state index in [0.29, 0.717) is 19.4 Å². The minimum absolute atomic E-state index is 0.0306. The van der Waals surface area contributed by atoms with E-state index in [-0.39, 0.29) is 11.3 Å². The molecule has 0 bridgehead atoms. The van der Waals surface area contributed by atoms with E-state index in [0.717, 1.165) is 0 Å². The van der Waals surface area contributed by atoms with E-state index in [1.54, 1.807) is 0 Å². The second kappa shape index (κ2) is 5.26. The minimum Gasteiger partial charge on any atom is -0.494 e. The van der Waals surface area contributed by atoms with E-state index < -0.39 is 23.7 Å². The monoisotopic (exact) mass is 267 g/mol. The van der Waals surface area contributed by atoms with E-state index >= 15 is 0 Å². The number of aliphatic carboxylic acids is 1. The van der Waals surface area contributed by atoms with Gasteiger partial charge in [0, 0.05) is 6.54 Å². The quantitative estimate of drug-likeness (QED) is 0.901. The van der Waals surface area contributed by atoms with Crippen molar-refractivity contribution in [3.8, 4) is 5.75 Å². The maximum absolute atomic E-state index is 14.0. The van der Waals surface area contributed by atoms with Gasteiger partial charge in [-0.25, -0.2) is 9.18 Å². The number of methoxy groups -OCH3 is 1. The third kappa shape index (κ3) is 2.38. The summed E-state index contributed by atoms with van der Waals surface area (Å²) < 4.78 is 18.8. The second-order valence-electron chi connectivity index (χ2n) is 4.32. The number of carboxylic acid groups (broad SMARTS) is 1. The zero-order valence-electron chi connectivity index (χ0n) is 10.4. The molecule has 5 nitrogen and oxygen atoms in total. The summed E-state index contributed by atoms with van der Waals surface area (Å²) in [6.45, 7) is 0.326. The maximum Gasteiger partial charge on any atom is 0.326 e. The molecule has 6 heteroatoms. The van der Waals surface area contributed by atoms with Gasteiger partial charge in [0.05, 0.1) is 12.7 Å². The number of carbonyl (C=O) groups is 2. The van der Waals surface area contributed by atoms with Crippen LogP contribution in [0, 0.1) is 5.82 Å². The number of carbonyl (C=O) groups excluding carboxylic acids is 1. The molecule has 0 spiro atoms. The number of ether oxygens (including phenoxy) is 1. The molecule has 0 saturated carbocycles. The number of hydrogen-bond donors (Lipinski definition) is 1. The van der Waals surface area contributed by atoms with E-state index in [2.05, 4.69) is 0 Å². The lowest BCUT2D eigenvalue weighted by Crippen LogP contribution is -2.40. The van der Waals surface area contributed by atoms with Crippen LogP contribution in [-0.4, -0.2) is 41.6 Å². The number of benzene rings is 1. The van der Waals surface area contributed by atoms with Gasteiger partial charge in [0.25, 0.3) is 5.91 Å². The molecule has 1 fully saturated rings. The number of hydrogen-bond acceptors (Lipinski definition) is 3. The number of rotatable bonds is 3. The summed E-state index contributed by atoms with van der Waals surface area (Å²) in [5.74, 6) is -2.46. The zero-order valence-corrected chi connectivity index (χ0v) is 10.4. The Kier molecular flexibility index (Phi) is 3.69. The summed E-state index contributed by atoms with van der Waals surface area (Å²) in [6, 6.07) is 3.36. The fourth-order valence-corrected chi connectivity index (χ4v) is 2.25. The summed E-state index contributed by atoms with van der Waals surface area (Å²) in [5, 5.41) is 9.04. The number of carboxylic acids is 1. The Morgan fingerprint density at radius 3 is 2.84 bits per heavy atom. The lowest BCUT2D eigenvalue weighted by molar-refractivity contribution is -0.141. The van der Waals surface area contributed by atoms with Crippen molar-refractivity contribution in [2.24, 2.45) is 0 Å². The van der Waals surface area contributed by atoms with Crippen molar-refractivity contribution < 1.29 is 23.8 Å². The van der Waals surface area contributed by atoms with E-state index in [1.165, 1.54) is 30.2 Å². The topological polar surface area (TPSA) is 66.8 Å². The van der Waals surface area contributed by atoms with Crippen molar-refractivity contribution in [3.05, 3.63) is 29.6 Å². The summed E-state index contributed by atoms with van der Waals surface area (Å²) in [5.41, 5.74) is -0.160. The molecule has 102 valence electrons. The molecule has 0 unspecified atom stereocenters. The highest BCUT2D eigenvalue weighted by atomic mass is 19.1. The van der Waals surface area contributed by atoms with Crippen LogP contribution in [0.3, 0.4) is 0 Å². The molecular formula is C13H14FNO4. The molecule has 2 rings (SSSR count). The van der Waals surface area contributed by atoms with Crippen LogP contribution in [0.15, 0.2) is 18.2 Å². The van der Waals surface area contributed by atoms with E-state index in [9.17, 15) is 14.0 Å². The molecule has 1 aromatic carbocycles. The first-order chi connectivity index (χ1) is 9.06.